The lowest BCUT2D eigenvalue weighted by molar-refractivity contribution is -0.0503. The van der Waals surface area contributed by atoms with Crippen LogP contribution in [0, 0.1) is 40.9 Å². The molecule has 0 heteroatoms. The van der Waals surface area contributed by atoms with E-state index in [0.29, 0.717) is 5.41 Å². The van der Waals surface area contributed by atoms with Gasteiger partial charge in [0.2, 0.25) is 0 Å². The van der Waals surface area contributed by atoms with Crippen molar-refractivity contribution in [3.8, 4) is 0 Å². The maximum atomic E-state index is 2.64. The summed E-state index contributed by atoms with van der Waals surface area (Å²) in [7, 11) is 0. The molecule has 0 N–H and O–H groups in total. The van der Waals surface area contributed by atoms with Crippen LogP contribution in [0.3, 0.4) is 0 Å². The van der Waals surface area contributed by atoms with Crippen molar-refractivity contribution >= 4 is 0 Å². The maximum Gasteiger partial charge on any atom is -0.0269 e. The van der Waals surface area contributed by atoms with Crippen molar-refractivity contribution < 1.29 is 0 Å². The van der Waals surface area contributed by atoms with Gasteiger partial charge in [0.05, 0.1) is 0 Å². The van der Waals surface area contributed by atoms with E-state index in [1.807, 2.05) is 0 Å². The minimum Gasteiger partial charge on any atom is -0.0853 e. The van der Waals surface area contributed by atoms with Crippen LogP contribution in [-0.4, -0.2) is 0 Å². The second kappa shape index (κ2) is 11.1. The predicted octanol–water partition coefficient (Wildman–Crippen LogP) is 9.55. The molecule has 0 nitrogen and oxygen atoms in total. The summed E-state index contributed by atoms with van der Waals surface area (Å²) in [6.45, 7) is 11.9. The van der Waals surface area contributed by atoms with Gasteiger partial charge in [0.1, 0.15) is 0 Å². The predicted molar refractivity (Wildman–Crippen MR) is 126 cm³/mol. The van der Waals surface area contributed by atoms with Gasteiger partial charge in [-0.3, -0.25) is 0 Å². The highest BCUT2D eigenvalue weighted by Gasteiger charge is 2.55. The molecule has 7 atom stereocenters. The molecule has 0 heterocycles. The number of hydrogen-bond donors (Lipinski definition) is 0. The Kier molecular flexibility index (Phi) is 11.0. The summed E-state index contributed by atoms with van der Waals surface area (Å²) in [4.78, 5) is 0. The van der Waals surface area contributed by atoms with Crippen molar-refractivity contribution in [3.63, 3.8) is 0 Å². The molecule has 0 aromatic carbocycles. The first-order valence-corrected chi connectivity index (χ1v) is 11.2. The first-order chi connectivity index (χ1) is 11.5. The maximum absolute atomic E-state index is 2.64. The summed E-state index contributed by atoms with van der Waals surface area (Å²) >= 11 is 0. The van der Waals surface area contributed by atoms with Gasteiger partial charge in [-0.1, -0.05) is 74.5 Å². The highest BCUT2D eigenvalue weighted by molar-refractivity contribution is 5.11. The van der Waals surface area contributed by atoms with Crippen LogP contribution in [0.4, 0.5) is 0 Å². The molecule has 4 aliphatic carbocycles. The second-order valence-corrected chi connectivity index (χ2v) is 9.95. The average Bonchev–Trinajstić information content (AvgIpc) is 2.90. The molecular weight excluding hydrogens is 324 g/mol. The zero-order valence-electron chi connectivity index (χ0n) is 17.1. The summed E-state index contributed by atoms with van der Waals surface area (Å²) in [6, 6.07) is 0. The lowest BCUT2D eigenvalue weighted by atomic mass is 9.50. The van der Waals surface area contributed by atoms with Crippen molar-refractivity contribution in [1.29, 1.82) is 0 Å². The fourth-order valence-corrected chi connectivity index (χ4v) is 6.95. The molecule has 0 aromatic heterocycles. The van der Waals surface area contributed by atoms with Gasteiger partial charge < -0.3 is 0 Å². The molecule has 4 aliphatic rings. The minimum atomic E-state index is 0. The summed E-state index contributed by atoms with van der Waals surface area (Å²) in [6.07, 6.45) is 17.3. The van der Waals surface area contributed by atoms with Crippen molar-refractivity contribution in [2.24, 2.45) is 40.9 Å². The molecule has 162 valence electrons. The Morgan fingerprint density at radius 2 is 1.56 bits per heavy atom. The normalized spacial score (nSPS) is 41.6. The smallest absolute Gasteiger partial charge is 0.0269 e. The van der Waals surface area contributed by atoms with Gasteiger partial charge in [0.15, 0.2) is 0 Å². The summed E-state index contributed by atoms with van der Waals surface area (Å²) in [5, 5.41) is 0. The molecule has 0 aromatic rings. The fraction of sp³-hybridized carbons (Fsp3) is 0.926. The summed E-state index contributed by atoms with van der Waals surface area (Å²) in [5.41, 5.74) is 2.38. The van der Waals surface area contributed by atoms with Crippen LogP contribution in [0.2, 0.25) is 0 Å². The van der Waals surface area contributed by atoms with E-state index in [2.05, 4.69) is 40.7 Å². The first kappa shape index (κ1) is 26.7. The van der Waals surface area contributed by atoms with Crippen LogP contribution in [0.5, 0.6) is 0 Å². The third-order valence-corrected chi connectivity index (χ3v) is 8.82. The van der Waals surface area contributed by atoms with Crippen LogP contribution in [0.15, 0.2) is 11.6 Å². The van der Waals surface area contributed by atoms with Gasteiger partial charge in [0, 0.05) is 0 Å². The lowest BCUT2D eigenvalue weighted by Crippen LogP contribution is -2.47. The summed E-state index contributed by atoms with van der Waals surface area (Å²) < 4.78 is 0. The molecule has 0 saturated heterocycles. The number of unbranched alkanes of at least 4 members (excludes halogenated alkanes) is 1. The van der Waals surface area contributed by atoms with Crippen LogP contribution >= 0.6 is 0 Å². The third kappa shape index (κ3) is 5.02. The Labute approximate surface area is 174 Å². The van der Waals surface area contributed by atoms with E-state index in [9.17, 15) is 0 Å². The number of hydrogen-bond acceptors (Lipinski definition) is 0. The molecular formula is C27H54. The zero-order chi connectivity index (χ0) is 17.3. The average molecular weight is 379 g/mol. The van der Waals surface area contributed by atoms with E-state index < -0.39 is 0 Å². The molecule has 0 amide bonds. The van der Waals surface area contributed by atoms with Gasteiger partial charge in [-0.2, -0.15) is 0 Å². The van der Waals surface area contributed by atoms with Crippen molar-refractivity contribution in [2.45, 2.75) is 121 Å². The van der Waals surface area contributed by atoms with Gasteiger partial charge >= 0.3 is 0 Å². The quantitative estimate of drug-likeness (QED) is 0.398. The highest BCUT2D eigenvalue weighted by atomic mass is 14.6. The number of allylic oxidation sites excluding steroid dienone is 2. The molecule has 7 unspecified atom stereocenters. The van der Waals surface area contributed by atoms with Crippen molar-refractivity contribution in [1.82, 2.24) is 0 Å². The Morgan fingerprint density at radius 1 is 0.889 bits per heavy atom. The number of rotatable bonds is 1. The Bertz CT molecular complexity index is 445. The molecule has 27 heavy (non-hydrogen) atoms. The topological polar surface area (TPSA) is 0 Å². The zero-order valence-corrected chi connectivity index (χ0v) is 17.1. The second-order valence-electron chi connectivity index (χ2n) is 9.95. The Hall–Kier alpha value is -0.260. The van der Waals surface area contributed by atoms with Gasteiger partial charge in [-0.15, -0.1) is 0 Å². The molecule has 0 radical (unpaired) electrons. The molecule has 4 rings (SSSR count). The minimum absolute atomic E-state index is 0. The van der Waals surface area contributed by atoms with E-state index in [1.165, 1.54) is 44.9 Å². The fourth-order valence-electron chi connectivity index (χ4n) is 6.95. The third-order valence-electron chi connectivity index (χ3n) is 8.82. The molecule has 0 bridgehead atoms. The Balaban J connectivity index is 0.000000888. The number of fused-ring (bicyclic) bond motifs is 5. The largest absolute Gasteiger partial charge is 0.0853 e. The van der Waals surface area contributed by atoms with E-state index >= 15 is 0 Å². The molecule has 0 spiro atoms. The van der Waals surface area contributed by atoms with E-state index in [4.69, 9.17) is 0 Å². The SMILES string of the molecule is C.C.C.CC1=CCC2C(CCC3C2CCC2(C)C(C)CCC32)C1.CCCC. The van der Waals surface area contributed by atoms with E-state index in [-0.39, 0.29) is 22.3 Å². The van der Waals surface area contributed by atoms with E-state index in [1.54, 1.807) is 24.8 Å². The lowest BCUT2D eigenvalue weighted by Gasteiger charge is -2.55. The summed E-state index contributed by atoms with van der Waals surface area (Å²) in [5.74, 6) is 6.33. The molecule has 0 aliphatic heterocycles. The van der Waals surface area contributed by atoms with Crippen LogP contribution in [0.25, 0.3) is 0 Å². The van der Waals surface area contributed by atoms with Gasteiger partial charge in [0.25, 0.3) is 0 Å². The highest BCUT2D eigenvalue weighted by Crippen LogP contribution is 2.63. The monoisotopic (exact) mass is 378 g/mol. The van der Waals surface area contributed by atoms with Gasteiger partial charge in [-0.05, 0) is 99.2 Å². The molecule has 3 saturated carbocycles. The van der Waals surface area contributed by atoms with Crippen molar-refractivity contribution in [3.05, 3.63) is 11.6 Å². The van der Waals surface area contributed by atoms with Crippen LogP contribution < -0.4 is 0 Å². The standard InChI is InChI=1S/C20H32.C4H10.3CH4/c1-13-4-7-16-15(12-13)6-8-18-17(16)10-11-20(3)14(2)5-9-19(18)20;1-3-4-2;;;/h4,14-19H,5-12H2,1-3H3;3-4H2,1-2H3;3*1H4. The van der Waals surface area contributed by atoms with Gasteiger partial charge in [-0.25, -0.2) is 0 Å². The molecule has 3 fully saturated rings. The van der Waals surface area contributed by atoms with Crippen molar-refractivity contribution in [2.75, 3.05) is 0 Å². The van der Waals surface area contributed by atoms with Crippen LogP contribution in [-0.2, 0) is 0 Å². The van der Waals surface area contributed by atoms with E-state index in [0.717, 1.165) is 35.5 Å². The first-order valence-electron chi connectivity index (χ1n) is 11.2. The van der Waals surface area contributed by atoms with Crippen LogP contribution in [0.1, 0.15) is 121 Å². The Morgan fingerprint density at radius 3 is 2.19 bits per heavy atom.